The third-order valence-electron chi connectivity index (χ3n) is 4.76. The van der Waals surface area contributed by atoms with Crippen molar-refractivity contribution in [2.45, 2.75) is 6.54 Å². The van der Waals surface area contributed by atoms with Gasteiger partial charge >= 0.3 is 164 Å². The fraction of sp³-hybridized carbons (Fsp3) is 0.333. The topological polar surface area (TPSA) is 74.0 Å². The summed E-state index contributed by atoms with van der Waals surface area (Å²) in [6.45, 7) is 5.14. The van der Waals surface area contributed by atoms with Gasteiger partial charge in [-0.2, -0.15) is 0 Å². The van der Waals surface area contributed by atoms with Crippen LogP contribution < -0.4 is 5.63 Å². The minimum absolute atomic E-state index is 0. The molecule has 1 aliphatic heterocycles. The van der Waals surface area contributed by atoms with E-state index in [4.69, 9.17) is 9.52 Å². The predicted molar refractivity (Wildman–Crippen MR) is 119 cm³/mol. The Morgan fingerprint density at radius 1 is 1.25 bits per heavy atom. The molecule has 0 unspecified atom stereocenters. The first-order chi connectivity index (χ1) is 12.4. The van der Waals surface area contributed by atoms with Crippen LogP contribution in [0.15, 0.2) is 31.9 Å². The Balaban J connectivity index is 0.00000140. The summed E-state index contributed by atoms with van der Waals surface area (Å²) in [6.07, 6.45) is 0. The standard InChI is InChI=1S/C18H17BrN2O4Se.2ClH/c1-20-4-6-21(7-5-20)9-13-14(19)11-3-2-10-8-12(17(22)23)18(24)25-15(10)16(11)26-13;;/h2-3,8H,4-7,9H2,1H3,(H,22,23);2*1H. The Kier molecular flexibility index (Phi) is 7.78. The zero-order valence-electron chi connectivity index (χ0n) is 14.9. The van der Waals surface area contributed by atoms with Crippen molar-refractivity contribution in [2.75, 3.05) is 33.2 Å². The van der Waals surface area contributed by atoms with Gasteiger partial charge in [0, 0.05) is 0 Å². The number of carboxylic acid groups (broad SMARTS) is 1. The van der Waals surface area contributed by atoms with Crippen LogP contribution in [0.25, 0.3) is 20.6 Å². The van der Waals surface area contributed by atoms with Gasteiger partial charge in [-0.1, -0.05) is 0 Å². The molecule has 10 heteroatoms. The molecular weight excluding hydrogens is 538 g/mol. The fourth-order valence-corrected chi connectivity index (χ4v) is 6.95. The Hall–Kier alpha value is -0.861. The van der Waals surface area contributed by atoms with Crippen molar-refractivity contribution >= 4 is 81.8 Å². The van der Waals surface area contributed by atoms with E-state index in [1.807, 2.05) is 12.1 Å². The fourth-order valence-electron chi connectivity index (χ4n) is 3.21. The number of aromatic carboxylic acids is 1. The molecule has 3 aromatic rings. The van der Waals surface area contributed by atoms with Crippen LogP contribution in [0.2, 0.25) is 0 Å². The van der Waals surface area contributed by atoms with Crippen molar-refractivity contribution in [3.8, 4) is 0 Å². The summed E-state index contributed by atoms with van der Waals surface area (Å²) >= 11 is 3.77. The molecule has 1 fully saturated rings. The molecule has 0 radical (unpaired) electrons. The quantitative estimate of drug-likeness (QED) is 0.395. The number of rotatable bonds is 3. The van der Waals surface area contributed by atoms with Crippen LogP contribution in [-0.4, -0.2) is 68.6 Å². The number of halogens is 3. The molecule has 2 aromatic heterocycles. The molecule has 28 heavy (non-hydrogen) atoms. The second-order valence-corrected chi connectivity index (χ2v) is 9.64. The molecule has 1 aliphatic rings. The molecule has 1 N–H and O–H groups in total. The maximum absolute atomic E-state index is 12.0. The van der Waals surface area contributed by atoms with Gasteiger partial charge in [0.05, 0.1) is 0 Å². The van der Waals surface area contributed by atoms with Gasteiger partial charge < -0.3 is 0 Å². The molecule has 1 saturated heterocycles. The van der Waals surface area contributed by atoms with Gasteiger partial charge in [-0.05, 0) is 0 Å². The summed E-state index contributed by atoms with van der Waals surface area (Å²) in [5, 5.41) is 10.8. The van der Waals surface area contributed by atoms with E-state index in [1.54, 1.807) is 0 Å². The van der Waals surface area contributed by atoms with Crippen molar-refractivity contribution in [2.24, 2.45) is 0 Å². The second kappa shape index (κ2) is 9.30. The van der Waals surface area contributed by atoms with Crippen molar-refractivity contribution in [1.82, 2.24) is 9.80 Å². The average Bonchev–Trinajstić information content (AvgIpc) is 2.93. The third kappa shape index (κ3) is 4.33. The molecule has 3 heterocycles. The monoisotopic (exact) mass is 556 g/mol. The molecule has 4 rings (SSSR count). The van der Waals surface area contributed by atoms with Crippen molar-refractivity contribution in [1.29, 1.82) is 0 Å². The SMILES string of the molecule is CN1CCN(Cc2[se]c3c(ccc4cc(C(=O)O)c(=O)oc43)c2Br)CC1.Cl.Cl. The van der Waals surface area contributed by atoms with Crippen LogP contribution >= 0.6 is 40.7 Å². The van der Waals surface area contributed by atoms with Crippen LogP contribution in [0.5, 0.6) is 0 Å². The van der Waals surface area contributed by atoms with Crippen LogP contribution in [0, 0.1) is 0 Å². The van der Waals surface area contributed by atoms with E-state index < -0.39 is 11.6 Å². The first-order valence-electron chi connectivity index (χ1n) is 8.26. The molecular formula is C18H19BrCl2N2O4Se. The number of likely N-dealkylation sites (N-methyl/N-ethyl adjacent to an activating group) is 1. The number of carboxylic acids is 1. The normalized spacial score (nSPS) is 15.4. The van der Waals surface area contributed by atoms with E-state index in [9.17, 15) is 9.59 Å². The number of piperazine rings is 1. The van der Waals surface area contributed by atoms with Crippen LogP contribution in [0.1, 0.15) is 14.8 Å². The number of benzene rings is 1. The maximum atomic E-state index is 12.0. The predicted octanol–water partition coefficient (Wildman–Crippen LogP) is 3.05. The Morgan fingerprint density at radius 2 is 1.93 bits per heavy atom. The zero-order chi connectivity index (χ0) is 18.4. The number of carbonyl (C=O) groups is 1. The van der Waals surface area contributed by atoms with Crippen LogP contribution in [-0.2, 0) is 6.54 Å². The number of hydrogen-bond acceptors (Lipinski definition) is 5. The number of hydrogen-bond donors (Lipinski definition) is 1. The van der Waals surface area contributed by atoms with Gasteiger partial charge in [0.25, 0.3) is 0 Å². The smallest absolute Gasteiger partial charge is 0.147 e. The Bertz CT molecular complexity index is 1080. The number of fused-ring (bicyclic) bond motifs is 3. The summed E-state index contributed by atoms with van der Waals surface area (Å²) in [5.41, 5.74) is -0.603. The zero-order valence-corrected chi connectivity index (χ0v) is 19.9. The summed E-state index contributed by atoms with van der Waals surface area (Å²) in [5.74, 6) is -1.26. The summed E-state index contributed by atoms with van der Waals surface area (Å²) in [4.78, 5) is 28.0. The average molecular weight is 557 g/mol. The molecule has 0 spiro atoms. The van der Waals surface area contributed by atoms with Gasteiger partial charge in [-0.25, -0.2) is 0 Å². The van der Waals surface area contributed by atoms with Crippen molar-refractivity contribution in [3.63, 3.8) is 0 Å². The third-order valence-corrected chi connectivity index (χ3v) is 8.75. The first kappa shape index (κ1) is 23.4. The Labute approximate surface area is 188 Å². The summed E-state index contributed by atoms with van der Waals surface area (Å²) in [7, 11) is 2.14. The number of nitrogens with zero attached hydrogens (tertiary/aromatic N) is 2. The van der Waals surface area contributed by atoms with E-state index in [0.717, 1.165) is 46.8 Å². The van der Waals surface area contributed by atoms with E-state index in [2.05, 4.69) is 32.8 Å². The summed E-state index contributed by atoms with van der Waals surface area (Å²) in [6, 6.07) is 5.21. The van der Waals surface area contributed by atoms with Crippen LogP contribution in [0.4, 0.5) is 0 Å². The maximum Gasteiger partial charge on any atom is -0.147 e. The molecule has 0 bridgehead atoms. The second-order valence-electron chi connectivity index (χ2n) is 6.53. The summed E-state index contributed by atoms with van der Waals surface area (Å²) < 4.78 is 8.83. The minimum atomic E-state index is -1.26. The van der Waals surface area contributed by atoms with Gasteiger partial charge in [0.2, 0.25) is 0 Å². The van der Waals surface area contributed by atoms with Crippen molar-refractivity contribution in [3.05, 3.63) is 43.1 Å². The van der Waals surface area contributed by atoms with Crippen LogP contribution in [0.3, 0.4) is 0 Å². The molecule has 0 saturated carbocycles. The van der Waals surface area contributed by atoms with Gasteiger partial charge in [-0.15, -0.1) is 24.8 Å². The molecule has 0 amide bonds. The molecule has 6 nitrogen and oxygen atoms in total. The van der Waals surface area contributed by atoms with Gasteiger partial charge in [-0.3, -0.25) is 0 Å². The molecule has 0 atom stereocenters. The van der Waals surface area contributed by atoms with Gasteiger partial charge in [0.1, 0.15) is 0 Å². The Morgan fingerprint density at radius 3 is 2.57 bits per heavy atom. The first-order valence-corrected chi connectivity index (χ1v) is 10.8. The van der Waals surface area contributed by atoms with Gasteiger partial charge in [0.15, 0.2) is 0 Å². The van der Waals surface area contributed by atoms with E-state index in [1.165, 1.54) is 10.5 Å². The molecule has 1 aromatic carbocycles. The van der Waals surface area contributed by atoms with Crippen molar-refractivity contribution < 1.29 is 14.3 Å². The minimum Gasteiger partial charge on any atom is -0.147 e. The molecule has 0 aliphatic carbocycles. The van der Waals surface area contributed by atoms with E-state index in [0.29, 0.717) is 11.0 Å². The van der Waals surface area contributed by atoms with E-state index >= 15 is 0 Å². The largest absolute Gasteiger partial charge is 0.147 e. The molecule has 152 valence electrons. The van der Waals surface area contributed by atoms with E-state index in [-0.39, 0.29) is 44.9 Å².